The molecule has 1 aliphatic carbocycles. The zero-order chi connectivity index (χ0) is 16.5. The Morgan fingerprint density at radius 1 is 1.21 bits per heavy atom. The number of methoxy groups -OCH3 is 1. The predicted molar refractivity (Wildman–Crippen MR) is 92.2 cm³/mol. The smallest absolute Gasteiger partial charge is 0.226 e. The maximum atomic E-state index is 6.02. The molecule has 0 saturated carbocycles. The van der Waals surface area contributed by atoms with Crippen LogP contribution in [0.1, 0.15) is 35.1 Å². The molecule has 1 unspecified atom stereocenters. The van der Waals surface area contributed by atoms with Crippen LogP contribution >= 0.6 is 0 Å². The first-order valence-electron chi connectivity index (χ1n) is 8.29. The fourth-order valence-corrected chi connectivity index (χ4v) is 3.42. The van der Waals surface area contributed by atoms with Crippen molar-refractivity contribution in [3.05, 3.63) is 65.3 Å². The van der Waals surface area contributed by atoms with Crippen molar-refractivity contribution >= 4 is 0 Å². The molecule has 1 aromatic carbocycles. The van der Waals surface area contributed by atoms with Gasteiger partial charge in [-0.1, -0.05) is 12.1 Å². The van der Waals surface area contributed by atoms with E-state index in [9.17, 15) is 0 Å². The number of pyridine rings is 1. The highest BCUT2D eigenvalue weighted by atomic mass is 16.5. The van der Waals surface area contributed by atoms with Crippen molar-refractivity contribution in [1.29, 1.82) is 0 Å². The molecule has 4 nitrogen and oxygen atoms in total. The van der Waals surface area contributed by atoms with Gasteiger partial charge in [0, 0.05) is 36.2 Å². The number of benzene rings is 1. The SMILES string of the molecule is COc1cccc(-c2nc3c(o2)CCC(c2ncccc2C)C3)c1. The second kappa shape index (κ2) is 6.11. The zero-order valence-electron chi connectivity index (χ0n) is 14.0. The molecule has 4 heteroatoms. The van der Waals surface area contributed by atoms with Gasteiger partial charge in [-0.2, -0.15) is 0 Å². The van der Waals surface area contributed by atoms with Crippen molar-refractivity contribution in [1.82, 2.24) is 9.97 Å². The van der Waals surface area contributed by atoms with Gasteiger partial charge < -0.3 is 9.15 Å². The third-order valence-corrected chi connectivity index (χ3v) is 4.69. The number of hydrogen-bond donors (Lipinski definition) is 0. The summed E-state index contributed by atoms with van der Waals surface area (Å²) in [5.41, 5.74) is 4.46. The summed E-state index contributed by atoms with van der Waals surface area (Å²) in [7, 11) is 1.67. The summed E-state index contributed by atoms with van der Waals surface area (Å²) >= 11 is 0. The highest BCUT2D eigenvalue weighted by molar-refractivity contribution is 5.56. The van der Waals surface area contributed by atoms with Gasteiger partial charge in [0.1, 0.15) is 11.5 Å². The van der Waals surface area contributed by atoms with E-state index in [4.69, 9.17) is 14.1 Å². The van der Waals surface area contributed by atoms with Gasteiger partial charge in [0.15, 0.2) is 0 Å². The zero-order valence-corrected chi connectivity index (χ0v) is 14.0. The topological polar surface area (TPSA) is 48.2 Å². The number of hydrogen-bond acceptors (Lipinski definition) is 4. The fourth-order valence-electron chi connectivity index (χ4n) is 3.42. The van der Waals surface area contributed by atoms with Crippen molar-refractivity contribution in [3.63, 3.8) is 0 Å². The van der Waals surface area contributed by atoms with Crippen LogP contribution in [0.3, 0.4) is 0 Å². The van der Waals surface area contributed by atoms with Gasteiger partial charge in [-0.3, -0.25) is 4.98 Å². The summed E-state index contributed by atoms with van der Waals surface area (Å²) in [5, 5.41) is 0. The molecule has 2 aromatic heterocycles. The van der Waals surface area contributed by atoms with Gasteiger partial charge >= 0.3 is 0 Å². The van der Waals surface area contributed by atoms with Gasteiger partial charge in [-0.25, -0.2) is 4.98 Å². The van der Waals surface area contributed by atoms with E-state index in [1.165, 1.54) is 11.3 Å². The highest BCUT2D eigenvalue weighted by Crippen LogP contribution is 2.35. The lowest BCUT2D eigenvalue weighted by atomic mass is 9.86. The molecular weight excluding hydrogens is 300 g/mol. The molecule has 0 N–H and O–H groups in total. The Bertz CT molecular complexity index is 870. The standard InChI is InChI=1S/C20H20N2O2/c1-13-5-4-10-21-19(13)14-8-9-18-17(12-14)22-20(24-18)15-6-3-7-16(11-15)23-2/h3-7,10-11,14H,8-9,12H2,1-2H3. The third kappa shape index (κ3) is 2.68. The van der Waals surface area contributed by atoms with Gasteiger partial charge in [0.05, 0.1) is 12.8 Å². The van der Waals surface area contributed by atoms with Crippen LogP contribution in [0.5, 0.6) is 5.75 Å². The number of aryl methyl sites for hydroxylation is 2. The van der Waals surface area contributed by atoms with Crippen molar-refractivity contribution in [2.75, 3.05) is 7.11 Å². The van der Waals surface area contributed by atoms with Crippen LogP contribution in [0.25, 0.3) is 11.5 Å². The Labute approximate surface area is 141 Å². The van der Waals surface area contributed by atoms with E-state index in [0.29, 0.717) is 11.8 Å². The van der Waals surface area contributed by atoms with Gasteiger partial charge in [-0.05, 0) is 43.2 Å². The van der Waals surface area contributed by atoms with Crippen LogP contribution in [0.4, 0.5) is 0 Å². The summed E-state index contributed by atoms with van der Waals surface area (Å²) in [5.74, 6) is 2.92. The van der Waals surface area contributed by atoms with E-state index in [2.05, 4.69) is 18.0 Å². The number of oxazole rings is 1. The van der Waals surface area contributed by atoms with Gasteiger partial charge in [0.2, 0.25) is 5.89 Å². The molecule has 24 heavy (non-hydrogen) atoms. The van der Waals surface area contributed by atoms with E-state index in [0.717, 1.165) is 42.0 Å². The van der Waals surface area contributed by atoms with Crippen LogP contribution in [-0.2, 0) is 12.8 Å². The molecule has 122 valence electrons. The molecule has 3 aromatic rings. The first kappa shape index (κ1) is 14.9. The minimum Gasteiger partial charge on any atom is -0.497 e. The largest absolute Gasteiger partial charge is 0.497 e. The molecular formula is C20H20N2O2. The molecule has 2 heterocycles. The van der Waals surface area contributed by atoms with Crippen molar-refractivity contribution in [2.45, 2.75) is 32.1 Å². The van der Waals surface area contributed by atoms with Crippen LogP contribution in [0, 0.1) is 6.92 Å². The molecule has 0 bridgehead atoms. The minimum absolute atomic E-state index is 0.418. The molecule has 0 spiro atoms. The predicted octanol–water partition coefficient (Wildman–Crippen LogP) is 4.33. The second-order valence-electron chi connectivity index (χ2n) is 6.27. The summed E-state index contributed by atoms with van der Waals surface area (Å²) < 4.78 is 11.3. The Kier molecular flexibility index (Phi) is 3.81. The first-order chi connectivity index (χ1) is 11.7. The lowest BCUT2D eigenvalue weighted by Gasteiger charge is -2.21. The molecule has 0 radical (unpaired) electrons. The summed E-state index contributed by atoms with van der Waals surface area (Å²) in [6.45, 7) is 2.13. The lowest BCUT2D eigenvalue weighted by Crippen LogP contribution is -2.14. The van der Waals surface area contributed by atoms with E-state index < -0.39 is 0 Å². The summed E-state index contributed by atoms with van der Waals surface area (Å²) in [6, 6.07) is 12.0. The van der Waals surface area contributed by atoms with Crippen molar-refractivity contribution < 1.29 is 9.15 Å². The van der Waals surface area contributed by atoms with Gasteiger partial charge in [-0.15, -0.1) is 0 Å². The maximum Gasteiger partial charge on any atom is 0.226 e. The maximum absolute atomic E-state index is 6.02. The molecule has 0 fully saturated rings. The number of rotatable bonds is 3. The molecule has 1 aliphatic rings. The molecule has 0 amide bonds. The number of nitrogens with zero attached hydrogens (tertiary/aromatic N) is 2. The molecule has 4 rings (SSSR count). The number of aromatic nitrogens is 2. The van der Waals surface area contributed by atoms with E-state index in [1.54, 1.807) is 7.11 Å². The van der Waals surface area contributed by atoms with Crippen LogP contribution in [0.15, 0.2) is 47.0 Å². The Hall–Kier alpha value is -2.62. The normalized spacial score (nSPS) is 16.7. The highest BCUT2D eigenvalue weighted by Gasteiger charge is 2.27. The van der Waals surface area contributed by atoms with Crippen LogP contribution < -0.4 is 4.74 Å². The average Bonchev–Trinajstić information content (AvgIpc) is 3.05. The Morgan fingerprint density at radius 2 is 2.12 bits per heavy atom. The van der Waals surface area contributed by atoms with E-state index in [1.807, 2.05) is 36.5 Å². The first-order valence-corrected chi connectivity index (χ1v) is 8.29. The molecule has 0 aliphatic heterocycles. The number of fused-ring (bicyclic) bond motifs is 1. The Morgan fingerprint density at radius 3 is 2.96 bits per heavy atom. The Balaban J connectivity index is 1.63. The van der Waals surface area contributed by atoms with Crippen molar-refractivity contribution in [3.8, 4) is 17.2 Å². The minimum atomic E-state index is 0.418. The van der Waals surface area contributed by atoms with Crippen LogP contribution in [0.2, 0.25) is 0 Å². The third-order valence-electron chi connectivity index (χ3n) is 4.69. The molecule has 0 saturated heterocycles. The summed E-state index contributed by atoms with van der Waals surface area (Å²) in [6.07, 6.45) is 4.73. The van der Waals surface area contributed by atoms with Crippen molar-refractivity contribution in [2.24, 2.45) is 0 Å². The van der Waals surface area contributed by atoms with Gasteiger partial charge in [0.25, 0.3) is 0 Å². The lowest BCUT2D eigenvalue weighted by molar-refractivity contribution is 0.414. The van der Waals surface area contributed by atoms with Crippen LogP contribution in [-0.4, -0.2) is 17.1 Å². The second-order valence-corrected chi connectivity index (χ2v) is 6.27. The number of ether oxygens (including phenoxy) is 1. The molecule has 1 atom stereocenters. The average molecular weight is 320 g/mol. The fraction of sp³-hybridized carbons (Fsp3) is 0.300. The summed E-state index contributed by atoms with van der Waals surface area (Å²) in [4.78, 5) is 9.34. The van der Waals surface area contributed by atoms with E-state index >= 15 is 0 Å². The van der Waals surface area contributed by atoms with E-state index in [-0.39, 0.29) is 0 Å². The monoisotopic (exact) mass is 320 g/mol. The quantitative estimate of drug-likeness (QED) is 0.721.